The minimum absolute atomic E-state index is 0.0822. The number of unbranched alkanes of at least 4 members (excludes halogenated alkanes) is 1. The number of ether oxygens (including phenoxy) is 1. The maximum Gasteiger partial charge on any atom is 0.310 e. The van der Waals surface area contributed by atoms with Gasteiger partial charge in [0.25, 0.3) is 0 Å². The van der Waals surface area contributed by atoms with E-state index in [1.165, 1.54) is 0 Å². The third kappa shape index (κ3) is 8.24. The zero-order valence-corrected chi connectivity index (χ0v) is 16.8. The largest absolute Gasteiger partial charge is 0.481 e. The number of aliphatic carboxylic acids is 1. The molecule has 0 aromatic heterocycles. The summed E-state index contributed by atoms with van der Waals surface area (Å²) in [5.74, 6) is -1.69. The molecule has 1 N–H and O–H groups in total. The summed E-state index contributed by atoms with van der Waals surface area (Å²) in [4.78, 5) is 24.1. The Bertz CT molecular complexity index is 424. The van der Waals surface area contributed by atoms with Crippen LogP contribution in [0.4, 0.5) is 0 Å². The van der Waals surface area contributed by atoms with Crippen LogP contribution in [0.15, 0.2) is 0 Å². The molecule has 0 radical (unpaired) electrons. The molecule has 0 spiro atoms. The van der Waals surface area contributed by atoms with Gasteiger partial charge >= 0.3 is 11.9 Å². The first kappa shape index (κ1) is 22.0. The van der Waals surface area contributed by atoms with Gasteiger partial charge in [0.05, 0.1) is 11.8 Å². The first-order chi connectivity index (χ1) is 11.6. The van der Waals surface area contributed by atoms with E-state index in [4.69, 9.17) is 4.74 Å². The van der Waals surface area contributed by atoms with Crippen molar-refractivity contribution in [3.63, 3.8) is 0 Å². The Morgan fingerprint density at radius 1 is 1.16 bits per heavy atom. The van der Waals surface area contributed by atoms with Gasteiger partial charge in [-0.2, -0.15) is 0 Å². The highest BCUT2D eigenvalue weighted by Gasteiger charge is 2.37. The number of carboxylic acids is 1. The van der Waals surface area contributed by atoms with E-state index >= 15 is 0 Å². The Balaban J connectivity index is 2.68. The molecule has 0 amide bonds. The summed E-state index contributed by atoms with van der Waals surface area (Å²) in [5, 5.41) is 9.40. The van der Waals surface area contributed by atoms with Crippen LogP contribution in [-0.2, 0) is 14.3 Å². The van der Waals surface area contributed by atoms with Crippen molar-refractivity contribution >= 4 is 11.9 Å². The minimum atomic E-state index is -0.854. The fourth-order valence-corrected chi connectivity index (χ4v) is 4.19. The number of carboxylic acid groups (broad SMARTS) is 1. The van der Waals surface area contributed by atoms with Crippen molar-refractivity contribution < 1.29 is 19.4 Å². The highest BCUT2D eigenvalue weighted by atomic mass is 16.5. The van der Waals surface area contributed by atoms with Crippen LogP contribution < -0.4 is 0 Å². The van der Waals surface area contributed by atoms with E-state index in [9.17, 15) is 14.7 Å². The quantitative estimate of drug-likeness (QED) is 0.560. The van der Waals surface area contributed by atoms with E-state index in [0.29, 0.717) is 18.8 Å². The number of esters is 1. The molecule has 0 aliphatic heterocycles. The van der Waals surface area contributed by atoms with Gasteiger partial charge < -0.3 is 9.84 Å². The molecule has 4 atom stereocenters. The average Bonchev–Trinajstić information content (AvgIpc) is 2.50. The first-order valence-corrected chi connectivity index (χ1v) is 10.1. The highest BCUT2D eigenvalue weighted by Crippen LogP contribution is 2.33. The Morgan fingerprint density at radius 2 is 1.76 bits per heavy atom. The van der Waals surface area contributed by atoms with E-state index in [2.05, 4.69) is 34.6 Å². The zero-order valence-electron chi connectivity index (χ0n) is 16.8. The van der Waals surface area contributed by atoms with Crippen molar-refractivity contribution in [2.75, 3.05) is 0 Å². The SMILES string of the molecule is CCCCC(CC(C)CC(C)(C)C)OC(=O)C1CCCCC1C(=O)O. The predicted octanol–water partition coefficient (Wildman–Crippen LogP) is 5.44. The summed E-state index contributed by atoms with van der Waals surface area (Å²) in [6.07, 6.45) is 7.91. The molecular weight excluding hydrogens is 316 g/mol. The number of hydrogen-bond acceptors (Lipinski definition) is 3. The molecule has 0 bridgehead atoms. The van der Waals surface area contributed by atoms with Crippen molar-refractivity contribution in [1.82, 2.24) is 0 Å². The lowest BCUT2D eigenvalue weighted by Gasteiger charge is -2.30. The third-order valence-corrected chi connectivity index (χ3v) is 5.17. The molecule has 25 heavy (non-hydrogen) atoms. The molecule has 4 nitrogen and oxygen atoms in total. The summed E-state index contributed by atoms with van der Waals surface area (Å²) in [5.41, 5.74) is 0.260. The van der Waals surface area contributed by atoms with Crippen LogP contribution >= 0.6 is 0 Å². The smallest absolute Gasteiger partial charge is 0.310 e. The van der Waals surface area contributed by atoms with Gasteiger partial charge in [0, 0.05) is 0 Å². The Hall–Kier alpha value is -1.06. The Morgan fingerprint density at radius 3 is 2.28 bits per heavy atom. The molecule has 1 aliphatic carbocycles. The van der Waals surface area contributed by atoms with Gasteiger partial charge in [-0.25, -0.2) is 0 Å². The van der Waals surface area contributed by atoms with Crippen molar-refractivity contribution in [3.8, 4) is 0 Å². The molecule has 1 rings (SSSR count). The summed E-state index contributed by atoms with van der Waals surface area (Å²) >= 11 is 0. The number of rotatable bonds is 9. The Kier molecular flexibility index (Phi) is 8.95. The maximum atomic E-state index is 12.7. The van der Waals surface area contributed by atoms with Gasteiger partial charge in [-0.05, 0) is 43.4 Å². The lowest BCUT2D eigenvalue weighted by atomic mass is 9.79. The molecule has 0 heterocycles. The number of carbonyl (C=O) groups is 2. The van der Waals surface area contributed by atoms with Crippen LogP contribution in [-0.4, -0.2) is 23.1 Å². The van der Waals surface area contributed by atoms with Crippen molar-refractivity contribution in [2.24, 2.45) is 23.2 Å². The monoisotopic (exact) mass is 354 g/mol. The average molecular weight is 355 g/mol. The predicted molar refractivity (Wildman–Crippen MR) is 100 cm³/mol. The fraction of sp³-hybridized carbons (Fsp3) is 0.905. The van der Waals surface area contributed by atoms with Gasteiger partial charge in [-0.1, -0.05) is 60.3 Å². The van der Waals surface area contributed by atoms with Crippen molar-refractivity contribution in [2.45, 2.75) is 98.5 Å². The van der Waals surface area contributed by atoms with Crippen molar-refractivity contribution in [1.29, 1.82) is 0 Å². The molecule has 0 aromatic carbocycles. The molecule has 1 fully saturated rings. The van der Waals surface area contributed by atoms with Crippen LogP contribution in [0.25, 0.3) is 0 Å². The standard InChI is InChI=1S/C21H38O4/c1-6-7-10-16(13-15(2)14-21(3,4)5)25-20(24)18-12-9-8-11-17(18)19(22)23/h15-18H,6-14H2,1-5H3,(H,22,23). The molecule has 0 aromatic rings. The highest BCUT2D eigenvalue weighted by molar-refractivity contribution is 5.81. The molecular formula is C21H38O4. The van der Waals surface area contributed by atoms with Gasteiger partial charge in [0.15, 0.2) is 0 Å². The summed E-state index contributed by atoms with van der Waals surface area (Å²) < 4.78 is 5.86. The van der Waals surface area contributed by atoms with Crippen molar-refractivity contribution in [3.05, 3.63) is 0 Å². The molecule has 1 saturated carbocycles. The Labute approximate surface area is 153 Å². The van der Waals surface area contributed by atoms with E-state index in [1.54, 1.807) is 0 Å². The van der Waals surface area contributed by atoms with Gasteiger partial charge in [0.1, 0.15) is 6.10 Å². The van der Waals surface area contributed by atoms with Gasteiger partial charge in [-0.15, -0.1) is 0 Å². The van der Waals surface area contributed by atoms with Gasteiger partial charge in [-0.3, -0.25) is 9.59 Å². The summed E-state index contributed by atoms with van der Waals surface area (Å²) in [7, 11) is 0. The van der Waals surface area contributed by atoms with Crippen LogP contribution in [0.1, 0.15) is 92.4 Å². The second kappa shape index (κ2) is 10.2. The topological polar surface area (TPSA) is 63.6 Å². The van der Waals surface area contributed by atoms with E-state index < -0.39 is 17.8 Å². The van der Waals surface area contributed by atoms with Crippen LogP contribution in [0, 0.1) is 23.2 Å². The molecule has 4 unspecified atom stereocenters. The van der Waals surface area contributed by atoms with E-state index in [-0.39, 0.29) is 17.5 Å². The zero-order chi connectivity index (χ0) is 19.0. The van der Waals surface area contributed by atoms with Crippen LogP contribution in [0.3, 0.4) is 0 Å². The molecule has 146 valence electrons. The van der Waals surface area contributed by atoms with Crippen LogP contribution in [0.5, 0.6) is 0 Å². The van der Waals surface area contributed by atoms with Gasteiger partial charge in [0.2, 0.25) is 0 Å². The number of carbonyl (C=O) groups excluding carboxylic acids is 1. The lowest BCUT2D eigenvalue weighted by Crippen LogP contribution is -2.36. The number of hydrogen-bond donors (Lipinski definition) is 1. The molecule has 0 saturated heterocycles. The van der Waals surface area contributed by atoms with E-state index in [0.717, 1.165) is 44.9 Å². The fourth-order valence-electron chi connectivity index (χ4n) is 4.19. The normalized spacial score (nSPS) is 23.7. The maximum absolute atomic E-state index is 12.7. The second-order valence-electron chi connectivity index (χ2n) is 9.14. The second-order valence-corrected chi connectivity index (χ2v) is 9.14. The van der Waals surface area contributed by atoms with E-state index in [1.807, 2.05) is 0 Å². The van der Waals surface area contributed by atoms with Crippen LogP contribution in [0.2, 0.25) is 0 Å². The first-order valence-electron chi connectivity index (χ1n) is 10.1. The molecule has 4 heteroatoms. The minimum Gasteiger partial charge on any atom is -0.481 e. The lowest BCUT2D eigenvalue weighted by molar-refractivity contribution is -0.164. The third-order valence-electron chi connectivity index (χ3n) is 5.17. The summed E-state index contributed by atoms with van der Waals surface area (Å²) in [6, 6.07) is 0. The summed E-state index contributed by atoms with van der Waals surface area (Å²) in [6.45, 7) is 11.1. The molecule has 1 aliphatic rings.